The highest BCUT2D eigenvalue weighted by Crippen LogP contribution is 2.44. The molecule has 0 saturated heterocycles. The van der Waals surface area contributed by atoms with E-state index in [1.54, 1.807) is 26.0 Å². The monoisotopic (exact) mass is 588 g/mol. The molecule has 2 unspecified atom stereocenters. The van der Waals surface area contributed by atoms with E-state index in [4.69, 9.17) is 19.5 Å². The number of carbonyl (C=O) groups is 1. The summed E-state index contributed by atoms with van der Waals surface area (Å²) >= 11 is 0.927. The van der Waals surface area contributed by atoms with Gasteiger partial charge in [-0.1, -0.05) is 42.1 Å². The summed E-state index contributed by atoms with van der Waals surface area (Å²) in [5.41, 5.74) is 2.26. The van der Waals surface area contributed by atoms with Crippen LogP contribution in [0.2, 0.25) is 0 Å². The van der Waals surface area contributed by atoms with Crippen molar-refractivity contribution in [1.82, 2.24) is 14.6 Å². The van der Waals surface area contributed by atoms with Crippen molar-refractivity contribution in [2.45, 2.75) is 45.2 Å². The number of nitrogens with one attached hydrogen (secondary N) is 1. The maximum atomic E-state index is 13.6. The molecule has 0 aliphatic carbocycles. The van der Waals surface area contributed by atoms with Crippen LogP contribution in [0.5, 0.6) is 0 Å². The Labute approximate surface area is 231 Å². The number of methoxy groups -OCH3 is 1. The Bertz CT molecular complexity index is 1180. The van der Waals surface area contributed by atoms with Crippen molar-refractivity contribution in [3.63, 3.8) is 0 Å². The van der Waals surface area contributed by atoms with E-state index in [9.17, 15) is 29.5 Å². The highest BCUT2D eigenvalue weighted by Gasteiger charge is 2.41. The number of aromatic nitrogens is 2. The minimum absolute atomic E-state index is 0.0597. The van der Waals surface area contributed by atoms with E-state index >= 15 is 0 Å². The predicted octanol–water partition coefficient (Wildman–Crippen LogP) is 1.08. The number of hydrogen-bond donors (Lipinski definition) is 5. The zero-order chi connectivity index (χ0) is 29.3. The molecule has 0 saturated carbocycles. The third-order valence-electron chi connectivity index (χ3n) is 5.78. The quantitative estimate of drug-likeness (QED) is 0.138. The number of rotatable bonds is 16. The van der Waals surface area contributed by atoms with Crippen LogP contribution in [0.3, 0.4) is 0 Å². The normalized spacial score (nSPS) is 16.7. The highest BCUT2D eigenvalue weighted by atomic mass is 32.2. The van der Waals surface area contributed by atoms with Crippen molar-refractivity contribution in [3.05, 3.63) is 58.6 Å². The summed E-state index contributed by atoms with van der Waals surface area (Å²) in [5, 5.41) is 33.7. The first kappa shape index (κ1) is 33.1. The molecule has 1 aromatic carbocycles. The van der Waals surface area contributed by atoms with Gasteiger partial charge < -0.3 is 25.8 Å². The standard InChI is InChI=1S/C24H37N4O9PS/c1-23(2,16-29)21(31)39-13-12-36-38(34,26-14-17-8-6-5-7-9-17)37-15-18(35-4)20(30)24(3,33)28-11-10-19(25)27-22(28)32/h5-11,18,20,29-30,33H,12-16H2,1-4H3,(H,26,34)(H2,25,27,32)/t18-,20+,24?,38?/m1/s1. The number of aliphatic hydroxyl groups is 3. The van der Waals surface area contributed by atoms with Crippen LogP contribution in [0.1, 0.15) is 26.3 Å². The molecule has 0 aliphatic rings. The molecule has 218 valence electrons. The van der Waals surface area contributed by atoms with Gasteiger partial charge >= 0.3 is 13.4 Å². The second-order valence-corrected chi connectivity index (χ2v) is 12.3. The molecule has 0 spiro atoms. The molecule has 0 radical (unpaired) electrons. The van der Waals surface area contributed by atoms with E-state index in [0.717, 1.165) is 21.9 Å². The third kappa shape index (κ3) is 9.48. The van der Waals surface area contributed by atoms with Crippen LogP contribution in [0.25, 0.3) is 0 Å². The number of carbonyl (C=O) groups excluding carboxylic acids is 1. The van der Waals surface area contributed by atoms with E-state index < -0.39 is 43.4 Å². The number of aliphatic hydroxyl groups excluding tert-OH is 2. The van der Waals surface area contributed by atoms with Gasteiger partial charge in [0.15, 0.2) is 10.8 Å². The van der Waals surface area contributed by atoms with Crippen LogP contribution in [0.15, 0.2) is 47.4 Å². The molecule has 0 amide bonds. The first-order valence-corrected chi connectivity index (χ1v) is 14.5. The lowest BCUT2D eigenvalue weighted by atomic mass is 9.97. The topological polar surface area (TPSA) is 195 Å². The minimum Gasteiger partial charge on any atom is -0.395 e. The first-order valence-electron chi connectivity index (χ1n) is 12.0. The molecular weight excluding hydrogens is 551 g/mol. The molecule has 0 fully saturated rings. The van der Waals surface area contributed by atoms with Gasteiger partial charge in [-0.15, -0.1) is 0 Å². The van der Waals surface area contributed by atoms with Gasteiger partial charge in [0.05, 0.1) is 25.2 Å². The van der Waals surface area contributed by atoms with Gasteiger partial charge in [0.25, 0.3) is 0 Å². The van der Waals surface area contributed by atoms with Crippen LogP contribution in [0.4, 0.5) is 5.82 Å². The number of nitrogens with zero attached hydrogens (tertiary/aromatic N) is 2. The maximum absolute atomic E-state index is 13.6. The summed E-state index contributed by atoms with van der Waals surface area (Å²) < 4.78 is 30.7. The van der Waals surface area contributed by atoms with Gasteiger partial charge in [0.1, 0.15) is 18.0 Å². The molecule has 1 aromatic heterocycles. The van der Waals surface area contributed by atoms with Crippen LogP contribution in [-0.2, 0) is 35.4 Å². The van der Waals surface area contributed by atoms with Crippen molar-refractivity contribution < 1.29 is 38.5 Å². The predicted molar refractivity (Wildman–Crippen MR) is 147 cm³/mol. The fraction of sp³-hybridized carbons (Fsp3) is 0.542. The molecule has 39 heavy (non-hydrogen) atoms. The third-order valence-corrected chi connectivity index (χ3v) is 8.52. The Morgan fingerprint density at radius 1 is 1.23 bits per heavy atom. The molecule has 13 nitrogen and oxygen atoms in total. The summed E-state index contributed by atoms with van der Waals surface area (Å²) in [7, 11) is -2.79. The Morgan fingerprint density at radius 2 is 1.90 bits per heavy atom. The van der Waals surface area contributed by atoms with Gasteiger partial charge in [-0.3, -0.25) is 18.4 Å². The molecule has 6 N–H and O–H groups in total. The van der Waals surface area contributed by atoms with Gasteiger partial charge in [0, 0.05) is 25.6 Å². The summed E-state index contributed by atoms with van der Waals surface area (Å²) in [4.78, 5) is 28.0. The number of hydrogen-bond acceptors (Lipinski definition) is 12. The SMILES string of the molecule is CO[C@H](COP(=O)(NCc1ccccc1)OCCSC(=O)C(C)(C)CO)[C@H](O)C(C)(O)n1ccc(N)nc1=O. The minimum atomic E-state index is -4.03. The highest BCUT2D eigenvalue weighted by molar-refractivity contribution is 8.13. The molecule has 0 aliphatic heterocycles. The summed E-state index contributed by atoms with van der Waals surface area (Å²) in [5.74, 6) is 0.0799. The molecule has 2 rings (SSSR count). The fourth-order valence-electron chi connectivity index (χ4n) is 3.18. The molecule has 2 aromatic rings. The van der Waals surface area contributed by atoms with Crippen molar-refractivity contribution >= 4 is 30.4 Å². The number of thioether (sulfide) groups is 1. The second kappa shape index (κ2) is 14.5. The van der Waals surface area contributed by atoms with Gasteiger partial charge in [-0.05, 0) is 32.4 Å². The lowest BCUT2D eigenvalue weighted by molar-refractivity contribution is -0.177. The Balaban J connectivity index is 2.12. The fourth-order valence-corrected chi connectivity index (χ4v) is 5.42. The maximum Gasteiger partial charge on any atom is 0.405 e. The van der Waals surface area contributed by atoms with Crippen molar-refractivity contribution in [2.24, 2.45) is 5.41 Å². The largest absolute Gasteiger partial charge is 0.405 e. The molecule has 15 heteroatoms. The zero-order valence-electron chi connectivity index (χ0n) is 22.4. The van der Waals surface area contributed by atoms with Gasteiger partial charge in [-0.25, -0.2) is 14.4 Å². The van der Waals surface area contributed by atoms with E-state index in [1.807, 2.05) is 18.2 Å². The summed E-state index contributed by atoms with van der Waals surface area (Å²) in [6.07, 6.45) is -1.82. The number of ether oxygens (including phenoxy) is 1. The van der Waals surface area contributed by atoms with E-state index in [1.165, 1.54) is 26.3 Å². The van der Waals surface area contributed by atoms with Gasteiger partial charge in [0.2, 0.25) is 0 Å². The number of anilines is 1. The molecular formula is C24H37N4O9PS. The molecule has 1 heterocycles. The lowest BCUT2D eigenvalue weighted by Gasteiger charge is -2.35. The zero-order valence-corrected chi connectivity index (χ0v) is 24.1. The van der Waals surface area contributed by atoms with Crippen LogP contribution in [-0.4, -0.2) is 74.9 Å². The number of nitrogen functional groups attached to an aromatic ring is 1. The molecule has 0 bridgehead atoms. The van der Waals surface area contributed by atoms with Crippen molar-refractivity contribution in [1.29, 1.82) is 0 Å². The second-order valence-electron chi connectivity index (χ2n) is 9.44. The first-order chi connectivity index (χ1) is 18.3. The van der Waals surface area contributed by atoms with Crippen LogP contribution < -0.4 is 16.5 Å². The summed E-state index contributed by atoms with van der Waals surface area (Å²) in [6.45, 7) is 3.55. The average Bonchev–Trinajstić information content (AvgIpc) is 2.90. The van der Waals surface area contributed by atoms with Crippen LogP contribution in [0, 0.1) is 5.41 Å². The Kier molecular flexibility index (Phi) is 12.3. The molecule has 4 atom stereocenters. The Morgan fingerprint density at radius 3 is 2.49 bits per heavy atom. The van der Waals surface area contributed by atoms with Crippen molar-refractivity contribution in [2.75, 3.05) is 38.4 Å². The van der Waals surface area contributed by atoms with Gasteiger partial charge in [-0.2, -0.15) is 4.98 Å². The average molecular weight is 589 g/mol. The van der Waals surface area contributed by atoms with E-state index in [-0.39, 0.29) is 36.4 Å². The summed E-state index contributed by atoms with van der Waals surface area (Å²) in [6, 6.07) is 10.3. The van der Waals surface area contributed by atoms with Crippen LogP contribution >= 0.6 is 19.5 Å². The van der Waals surface area contributed by atoms with Crippen molar-refractivity contribution in [3.8, 4) is 0 Å². The smallest absolute Gasteiger partial charge is 0.395 e. The lowest BCUT2D eigenvalue weighted by Crippen LogP contribution is -2.54. The van der Waals surface area contributed by atoms with E-state index in [2.05, 4.69) is 10.1 Å². The number of benzene rings is 1. The van der Waals surface area contributed by atoms with E-state index in [0.29, 0.717) is 0 Å². The number of nitrogens with two attached hydrogens (primary N) is 1. The Hall–Kier alpha value is -2.13.